The van der Waals surface area contributed by atoms with Gasteiger partial charge in [-0.2, -0.15) is 0 Å². The quantitative estimate of drug-likeness (QED) is 0.838. The molecule has 1 saturated carbocycles. The molecule has 1 aliphatic carbocycles. The molecule has 2 N–H and O–H groups in total. The van der Waals surface area contributed by atoms with Crippen molar-refractivity contribution in [1.82, 2.24) is 15.3 Å². The Kier molecular flexibility index (Phi) is 5.93. The first-order valence-corrected chi connectivity index (χ1v) is 9.16. The lowest BCUT2D eigenvalue weighted by molar-refractivity contribution is 0.129. The fraction of sp³-hybridized carbons (Fsp3) is 0.421. The number of ether oxygens (including phenoxy) is 1. The number of anilines is 1. The van der Waals surface area contributed by atoms with Gasteiger partial charge in [0.2, 0.25) is 0 Å². The maximum Gasteiger partial charge on any atom is 0.319 e. The highest BCUT2D eigenvalue weighted by atomic mass is 35.5. The zero-order chi connectivity index (χ0) is 18.5. The van der Waals surface area contributed by atoms with Gasteiger partial charge in [0.1, 0.15) is 6.10 Å². The zero-order valence-corrected chi connectivity index (χ0v) is 15.7. The fourth-order valence-corrected chi connectivity index (χ4v) is 3.10. The van der Waals surface area contributed by atoms with E-state index in [9.17, 15) is 4.79 Å². The highest BCUT2D eigenvalue weighted by Crippen LogP contribution is 2.22. The topological polar surface area (TPSA) is 76.1 Å². The summed E-state index contributed by atoms with van der Waals surface area (Å²) < 4.78 is 5.77. The normalized spacial score (nSPS) is 19.7. The molecule has 1 fully saturated rings. The average Bonchev–Trinajstić information content (AvgIpc) is 2.62. The minimum Gasteiger partial charge on any atom is -0.460 e. The number of amides is 2. The number of halogens is 1. The number of urea groups is 1. The van der Waals surface area contributed by atoms with Gasteiger partial charge in [0.05, 0.1) is 17.4 Å². The van der Waals surface area contributed by atoms with E-state index in [1.54, 1.807) is 0 Å². The number of benzene rings is 1. The van der Waals surface area contributed by atoms with Crippen molar-refractivity contribution in [1.29, 1.82) is 0 Å². The molecular weight excluding hydrogens is 352 g/mol. The Hall–Kier alpha value is -2.34. The smallest absolute Gasteiger partial charge is 0.319 e. The Bertz CT molecular complexity index is 759. The van der Waals surface area contributed by atoms with Crippen LogP contribution in [0.1, 0.15) is 36.8 Å². The molecule has 138 valence electrons. The molecule has 1 aromatic carbocycles. The molecular formula is C19H23ClN4O2. The number of aromatic nitrogens is 2. The van der Waals surface area contributed by atoms with Gasteiger partial charge < -0.3 is 15.4 Å². The van der Waals surface area contributed by atoms with E-state index in [1.165, 1.54) is 18.0 Å². The van der Waals surface area contributed by atoms with Crippen LogP contribution in [0.4, 0.5) is 10.5 Å². The molecule has 7 heteroatoms. The summed E-state index contributed by atoms with van der Waals surface area (Å²) in [5, 5.41) is 6.42. The minimum absolute atomic E-state index is 0.0667. The maximum atomic E-state index is 12.2. The Morgan fingerprint density at radius 1 is 1.12 bits per heavy atom. The molecule has 26 heavy (non-hydrogen) atoms. The van der Waals surface area contributed by atoms with E-state index in [2.05, 4.69) is 27.5 Å². The lowest BCUT2D eigenvalue weighted by Crippen LogP contribution is -2.41. The van der Waals surface area contributed by atoms with E-state index < -0.39 is 0 Å². The second-order valence-electron chi connectivity index (χ2n) is 6.67. The molecule has 6 nitrogen and oxygen atoms in total. The van der Waals surface area contributed by atoms with E-state index in [4.69, 9.17) is 16.3 Å². The van der Waals surface area contributed by atoms with Crippen molar-refractivity contribution in [3.8, 4) is 6.01 Å². The molecule has 2 amide bonds. The number of nitrogens with one attached hydrogen (secondary N) is 2. The third-order valence-electron chi connectivity index (χ3n) is 4.64. The van der Waals surface area contributed by atoms with Crippen LogP contribution in [0, 0.1) is 13.8 Å². The van der Waals surface area contributed by atoms with Crippen LogP contribution in [-0.4, -0.2) is 28.1 Å². The van der Waals surface area contributed by atoms with Gasteiger partial charge in [-0.05, 0) is 62.8 Å². The van der Waals surface area contributed by atoms with Crippen LogP contribution >= 0.6 is 11.6 Å². The summed E-state index contributed by atoms with van der Waals surface area (Å²) in [7, 11) is 0. The summed E-state index contributed by atoms with van der Waals surface area (Å²) in [6.07, 6.45) is 6.53. The maximum absolute atomic E-state index is 12.2. The van der Waals surface area contributed by atoms with Crippen molar-refractivity contribution in [2.45, 2.75) is 51.7 Å². The standard InChI is InChI=1S/C19H23ClN4O2/c1-12-3-4-16(9-13(12)2)24-18(25)23-15-5-7-17(8-6-15)26-19-21-10-14(20)11-22-19/h3-4,9-11,15,17H,5-8H2,1-2H3,(H2,23,24,25). The molecule has 0 atom stereocenters. The molecule has 0 saturated heterocycles. The van der Waals surface area contributed by atoms with E-state index in [0.29, 0.717) is 11.0 Å². The average molecular weight is 375 g/mol. The van der Waals surface area contributed by atoms with E-state index in [0.717, 1.165) is 36.9 Å². The molecule has 0 spiro atoms. The molecule has 0 radical (unpaired) electrons. The van der Waals surface area contributed by atoms with E-state index in [1.807, 2.05) is 25.1 Å². The van der Waals surface area contributed by atoms with Gasteiger partial charge in [0, 0.05) is 11.7 Å². The molecule has 1 aliphatic rings. The van der Waals surface area contributed by atoms with Crippen LogP contribution < -0.4 is 15.4 Å². The summed E-state index contributed by atoms with van der Waals surface area (Å²) in [6, 6.07) is 6.22. The SMILES string of the molecule is Cc1ccc(NC(=O)NC2CCC(Oc3ncc(Cl)cn3)CC2)cc1C. The predicted octanol–water partition coefficient (Wildman–Crippen LogP) is 4.26. The molecule has 0 bridgehead atoms. The van der Waals surface area contributed by atoms with Crippen LogP contribution in [0.15, 0.2) is 30.6 Å². The number of hydrogen-bond donors (Lipinski definition) is 2. The Morgan fingerprint density at radius 3 is 2.46 bits per heavy atom. The van der Waals surface area contributed by atoms with Crippen LogP contribution in [0.2, 0.25) is 5.02 Å². The van der Waals surface area contributed by atoms with Gasteiger partial charge >= 0.3 is 12.0 Å². The summed E-state index contributed by atoms with van der Waals surface area (Å²) in [5.41, 5.74) is 3.17. The van der Waals surface area contributed by atoms with Crippen molar-refractivity contribution in [3.05, 3.63) is 46.7 Å². The Balaban J connectivity index is 1.43. The monoisotopic (exact) mass is 374 g/mol. The van der Waals surface area contributed by atoms with Gasteiger partial charge in [0.15, 0.2) is 0 Å². The second-order valence-corrected chi connectivity index (χ2v) is 7.11. The van der Waals surface area contributed by atoms with Crippen molar-refractivity contribution in [2.24, 2.45) is 0 Å². The first-order valence-electron chi connectivity index (χ1n) is 8.78. The number of aryl methyl sites for hydroxylation is 2. The first-order chi connectivity index (χ1) is 12.5. The summed E-state index contributed by atoms with van der Waals surface area (Å²) >= 11 is 5.77. The molecule has 1 aromatic heterocycles. The summed E-state index contributed by atoms with van der Waals surface area (Å²) in [6.45, 7) is 4.08. The number of nitrogens with zero attached hydrogens (tertiary/aromatic N) is 2. The van der Waals surface area contributed by atoms with Gasteiger partial charge in [-0.1, -0.05) is 17.7 Å². The van der Waals surface area contributed by atoms with E-state index >= 15 is 0 Å². The largest absolute Gasteiger partial charge is 0.460 e. The number of carbonyl (C=O) groups excluding carboxylic acids is 1. The minimum atomic E-state index is -0.168. The van der Waals surface area contributed by atoms with Crippen LogP contribution in [0.5, 0.6) is 6.01 Å². The van der Waals surface area contributed by atoms with Crippen molar-refractivity contribution >= 4 is 23.3 Å². The molecule has 1 heterocycles. The van der Waals surface area contributed by atoms with E-state index in [-0.39, 0.29) is 18.2 Å². The zero-order valence-electron chi connectivity index (χ0n) is 15.0. The number of rotatable bonds is 4. The van der Waals surface area contributed by atoms with Crippen molar-refractivity contribution < 1.29 is 9.53 Å². The molecule has 0 aliphatic heterocycles. The fourth-order valence-electron chi connectivity index (χ4n) is 3.01. The lowest BCUT2D eigenvalue weighted by Gasteiger charge is -2.28. The van der Waals surface area contributed by atoms with Crippen molar-refractivity contribution in [2.75, 3.05) is 5.32 Å². The number of hydrogen-bond acceptors (Lipinski definition) is 4. The Morgan fingerprint density at radius 2 is 1.81 bits per heavy atom. The number of carbonyl (C=O) groups is 1. The molecule has 2 aromatic rings. The second kappa shape index (κ2) is 8.36. The highest BCUT2D eigenvalue weighted by molar-refractivity contribution is 6.30. The predicted molar refractivity (Wildman–Crippen MR) is 102 cm³/mol. The highest BCUT2D eigenvalue weighted by Gasteiger charge is 2.24. The van der Waals surface area contributed by atoms with Gasteiger partial charge in [-0.15, -0.1) is 0 Å². The van der Waals surface area contributed by atoms with Gasteiger partial charge in [0.25, 0.3) is 0 Å². The third-order valence-corrected chi connectivity index (χ3v) is 4.84. The summed E-state index contributed by atoms with van der Waals surface area (Å²) in [4.78, 5) is 20.3. The van der Waals surface area contributed by atoms with Crippen LogP contribution in [0.25, 0.3) is 0 Å². The van der Waals surface area contributed by atoms with Crippen LogP contribution in [0.3, 0.4) is 0 Å². The van der Waals surface area contributed by atoms with Crippen molar-refractivity contribution in [3.63, 3.8) is 0 Å². The third kappa shape index (κ3) is 5.08. The van der Waals surface area contributed by atoms with Gasteiger partial charge in [-0.3, -0.25) is 0 Å². The first kappa shape index (κ1) is 18.5. The van der Waals surface area contributed by atoms with Gasteiger partial charge in [-0.25, -0.2) is 14.8 Å². The summed E-state index contributed by atoms with van der Waals surface area (Å²) in [5.74, 6) is 0. The lowest BCUT2D eigenvalue weighted by atomic mass is 9.93. The molecule has 3 rings (SSSR count). The Labute approximate surface area is 158 Å². The van der Waals surface area contributed by atoms with Crippen LogP contribution in [-0.2, 0) is 0 Å². The molecule has 0 unspecified atom stereocenters.